The van der Waals surface area contributed by atoms with E-state index >= 15 is 0 Å². The Morgan fingerprint density at radius 3 is 2.96 bits per heavy atom. The molecule has 0 fully saturated rings. The van der Waals surface area contributed by atoms with Crippen molar-refractivity contribution in [3.05, 3.63) is 53.9 Å². The van der Waals surface area contributed by atoms with E-state index in [4.69, 9.17) is 14.2 Å². The highest BCUT2D eigenvalue weighted by Crippen LogP contribution is 2.33. The van der Waals surface area contributed by atoms with E-state index in [0.717, 1.165) is 44.4 Å². The van der Waals surface area contributed by atoms with Crippen molar-refractivity contribution < 1.29 is 14.2 Å². The monoisotopic (exact) mass is 381 g/mol. The fourth-order valence-electron chi connectivity index (χ4n) is 2.91. The molecule has 3 heterocycles. The zero-order chi connectivity index (χ0) is 18.2. The largest absolute Gasteiger partial charge is 0.495 e. The van der Waals surface area contributed by atoms with E-state index in [1.807, 2.05) is 42.5 Å². The van der Waals surface area contributed by atoms with E-state index in [-0.39, 0.29) is 6.79 Å². The van der Waals surface area contributed by atoms with Crippen molar-refractivity contribution in [3.8, 4) is 17.2 Å². The molecule has 0 unspecified atom stereocenters. The average Bonchev–Trinajstić information content (AvgIpc) is 3.39. The Labute approximate surface area is 158 Å². The number of nitrogens with one attached hydrogen (secondary N) is 1. The van der Waals surface area contributed by atoms with Crippen molar-refractivity contribution in [3.63, 3.8) is 0 Å². The van der Waals surface area contributed by atoms with Crippen LogP contribution in [0.1, 0.15) is 11.4 Å². The van der Waals surface area contributed by atoms with Gasteiger partial charge in [0.1, 0.15) is 5.75 Å². The second-order valence-electron chi connectivity index (χ2n) is 5.91. The van der Waals surface area contributed by atoms with Crippen molar-refractivity contribution in [2.45, 2.75) is 6.42 Å². The second kappa shape index (κ2) is 6.44. The van der Waals surface area contributed by atoms with E-state index in [1.165, 1.54) is 11.3 Å². The van der Waals surface area contributed by atoms with Gasteiger partial charge in [0.25, 0.3) is 0 Å². The summed E-state index contributed by atoms with van der Waals surface area (Å²) in [6.07, 6.45) is 0.593. The van der Waals surface area contributed by atoms with Crippen LogP contribution in [0, 0.1) is 0 Å². The smallest absolute Gasteiger partial charge is 0.236 e. The number of anilines is 2. The Morgan fingerprint density at radius 1 is 1.15 bits per heavy atom. The number of hydrogen-bond donors (Lipinski definition) is 1. The van der Waals surface area contributed by atoms with Crippen LogP contribution in [0.15, 0.2) is 42.5 Å². The molecule has 8 nitrogen and oxygen atoms in total. The number of rotatable bonds is 5. The molecule has 0 saturated carbocycles. The van der Waals surface area contributed by atoms with Gasteiger partial charge < -0.3 is 19.5 Å². The zero-order valence-corrected chi connectivity index (χ0v) is 15.2. The first-order chi connectivity index (χ1) is 13.3. The standard InChI is InChI=1S/C18H15N5O3S/c1-24-13-5-3-2-4-12(13)19-17-22-23-16(20-21-18(23)27-17)9-11-6-7-14-15(8-11)26-10-25-14/h2-8H,9-10H2,1H3,(H,19,22). The predicted molar refractivity (Wildman–Crippen MR) is 100 cm³/mol. The first-order valence-corrected chi connectivity index (χ1v) is 9.11. The summed E-state index contributed by atoms with van der Waals surface area (Å²) in [5.74, 6) is 3.03. The van der Waals surface area contributed by atoms with E-state index < -0.39 is 0 Å². The molecule has 0 spiro atoms. The molecule has 1 aliphatic heterocycles. The van der Waals surface area contributed by atoms with Crippen molar-refractivity contribution in [1.29, 1.82) is 0 Å². The minimum absolute atomic E-state index is 0.262. The highest BCUT2D eigenvalue weighted by Gasteiger charge is 2.16. The van der Waals surface area contributed by atoms with Gasteiger partial charge in [-0.15, -0.1) is 15.3 Å². The van der Waals surface area contributed by atoms with Crippen LogP contribution in [0.4, 0.5) is 10.8 Å². The molecule has 5 rings (SSSR count). The van der Waals surface area contributed by atoms with Crippen LogP contribution in [-0.2, 0) is 6.42 Å². The van der Waals surface area contributed by atoms with E-state index in [9.17, 15) is 0 Å². The summed E-state index contributed by atoms with van der Waals surface area (Å²) in [6, 6.07) is 13.6. The Kier molecular flexibility index (Phi) is 3.79. The number of fused-ring (bicyclic) bond motifs is 2. The molecule has 0 saturated heterocycles. The SMILES string of the molecule is COc1ccccc1Nc1nn2c(Cc3ccc4c(c3)OCO4)nnc2s1. The van der Waals surface area contributed by atoms with Crippen LogP contribution in [0.5, 0.6) is 17.2 Å². The average molecular weight is 381 g/mol. The topological polar surface area (TPSA) is 82.8 Å². The summed E-state index contributed by atoms with van der Waals surface area (Å²) in [5.41, 5.74) is 1.91. The van der Waals surface area contributed by atoms with Gasteiger partial charge >= 0.3 is 0 Å². The number of hydrogen-bond acceptors (Lipinski definition) is 8. The van der Waals surface area contributed by atoms with Crippen molar-refractivity contribution in [2.24, 2.45) is 0 Å². The van der Waals surface area contributed by atoms with Crippen LogP contribution >= 0.6 is 11.3 Å². The summed E-state index contributed by atoms with van der Waals surface area (Å²) in [5, 5.41) is 17.1. The third-order valence-corrected chi connectivity index (χ3v) is 5.02. The Morgan fingerprint density at radius 2 is 2.04 bits per heavy atom. The Balaban J connectivity index is 1.42. The van der Waals surface area contributed by atoms with Crippen LogP contribution in [0.25, 0.3) is 4.96 Å². The van der Waals surface area contributed by atoms with Crippen molar-refractivity contribution >= 4 is 27.1 Å². The van der Waals surface area contributed by atoms with E-state index in [0.29, 0.717) is 6.42 Å². The van der Waals surface area contributed by atoms with Crippen molar-refractivity contribution in [2.75, 3.05) is 19.2 Å². The lowest BCUT2D eigenvalue weighted by Crippen LogP contribution is -1.99. The Hall–Kier alpha value is -3.33. The molecular formula is C18H15N5O3S. The van der Waals surface area contributed by atoms with Crippen LogP contribution < -0.4 is 19.5 Å². The van der Waals surface area contributed by atoms with Gasteiger partial charge in [0.05, 0.1) is 12.8 Å². The normalized spacial score (nSPS) is 12.5. The molecule has 136 valence electrons. The van der Waals surface area contributed by atoms with Crippen LogP contribution in [0.2, 0.25) is 0 Å². The molecule has 1 aliphatic rings. The van der Waals surface area contributed by atoms with E-state index in [1.54, 1.807) is 11.6 Å². The number of benzene rings is 2. The maximum absolute atomic E-state index is 5.44. The number of aromatic nitrogens is 4. The fraction of sp³-hybridized carbons (Fsp3) is 0.167. The molecule has 0 atom stereocenters. The summed E-state index contributed by atoms with van der Waals surface area (Å²) in [6.45, 7) is 0.262. The van der Waals surface area contributed by atoms with Crippen LogP contribution in [0.3, 0.4) is 0 Å². The number of methoxy groups -OCH3 is 1. The van der Waals surface area contributed by atoms with Crippen LogP contribution in [-0.4, -0.2) is 33.7 Å². The molecule has 4 aromatic rings. The van der Waals surface area contributed by atoms with Gasteiger partial charge in [-0.05, 0) is 29.8 Å². The zero-order valence-electron chi connectivity index (χ0n) is 14.4. The van der Waals surface area contributed by atoms with Gasteiger partial charge in [0.15, 0.2) is 17.3 Å². The first kappa shape index (κ1) is 15.9. The molecule has 1 N–H and O–H groups in total. The highest BCUT2D eigenvalue weighted by molar-refractivity contribution is 7.20. The summed E-state index contributed by atoms with van der Waals surface area (Å²) in [7, 11) is 1.64. The molecule has 2 aromatic carbocycles. The highest BCUT2D eigenvalue weighted by atomic mass is 32.1. The molecule has 2 aromatic heterocycles. The van der Waals surface area contributed by atoms with Gasteiger partial charge in [-0.25, -0.2) is 0 Å². The molecule has 0 aliphatic carbocycles. The predicted octanol–water partition coefficient (Wildman–Crippen LogP) is 3.26. The maximum atomic E-state index is 5.44. The third kappa shape index (κ3) is 2.91. The molecule has 0 amide bonds. The third-order valence-electron chi connectivity index (χ3n) is 4.20. The lowest BCUT2D eigenvalue weighted by Gasteiger charge is -2.07. The number of para-hydroxylation sites is 2. The van der Waals surface area contributed by atoms with E-state index in [2.05, 4.69) is 20.6 Å². The first-order valence-electron chi connectivity index (χ1n) is 8.30. The molecule has 9 heteroatoms. The quantitative estimate of drug-likeness (QED) is 0.568. The maximum Gasteiger partial charge on any atom is 0.236 e. The fourth-order valence-corrected chi connectivity index (χ4v) is 3.69. The van der Waals surface area contributed by atoms with Gasteiger partial charge in [-0.2, -0.15) is 4.52 Å². The Bertz CT molecular complexity index is 1120. The number of ether oxygens (including phenoxy) is 3. The number of nitrogens with zero attached hydrogens (tertiary/aromatic N) is 4. The van der Waals surface area contributed by atoms with Gasteiger partial charge in [-0.1, -0.05) is 29.5 Å². The molecular weight excluding hydrogens is 366 g/mol. The lowest BCUT2D eigenvalue weighted by molar-refractivity contribution is 0.174. The summed E-state index contributed by atoms with van der Waals surface area (Å²) < 4.78 is 17.9. The molecule has 27 heavy (non-hydrogen) atoms. The minimum atomic E-state index is 0.262. The van der Waals surface area contributed by atoms with Gasteiger partial charge in [-0.3, -0.25) is 0 Å². The van der Waals surface area contributed by atoms with Crippen molar-refractivity contribution in [1.82, 2.24) is 19.8 Å². The lowest BCUT2D eigenvalue weighted by atomic mass is 10.1. The molecule has 0 radical (unpaired) electrons. The van der Waals surface area contributed by atoms with Gasteiger partial charge in [0.2, 0.25) is 16.9 Å². The summed E-state index contributed by atoms with van der Waals surface area (Å²) >= 11 is 1.43. The minimum Gasteiger partial charge on any atom is -0.495 e. The second-order valence-corrected chi connectivity index (χ2v) is 6.86. The van der Waals surface area contributed by atoms with Gasteiger partial charge in [0, 0.05) is 6.42 Å². The molecule has 0 bridgehead atoms. The summed E-state index contributed by atoms with van der Waals surface area (Å²) in [4.78, 5) is 0.725.